The molecule has 1 saturated carbocycles. The zero-order chi connectivity index (χ0) is 22.3. The Hall–Kier alpha value is -3.39. The molecule has 2 aliphatic rings. The zero-order valence-corrected chi connectivity index (χ0v) is 17.8. The van der Waals surface area contributed by atoms with Crippen LogP contribution in [-0.4, -0.2) is 38.6 Å². The van der Waals surface area contributed by atoms with Crippen molar-refractivity contribution in [2.24, 2.45) is 0 Å². The first-order chi connectivity index (χ1) is 15.4. The molecule has 2 aromatic heterocycles. The van der Waals surface area contributed by atoms with E-state index >= 15 is 0 Å². The third-order valence-corrected chi connectivity index (χ3v) is 6.28. The molecular weight excluding hydrogens is 409 g/mol. The molecule has 3 aromatic rings. The molecule has 0 spiro atoms. The number of aromatic nitrogens is 3. The number of ketones is 1. The van der Waals surface area contributed by atoms with E-state index in [1.54, 1.807) is 18.3 Å². The number of carbonyl (C=O) groups excluding carboxylic acids is 1. The van der Waals surface area contributed by atoms with Crippen molar-refractivity contribution in [1.29, 1.82) is 0 Å². The monoisotopic (exact) mass is 433 g/mol. The van der Waals surface area contributed by atoms with Crippen LogP contribution in [0.5, 0.6) is 0 Å². The van der Waals surface area contributed by atoms with E-state index in [1.165, 1.54) is 12.1 Å². The highest BCUT2D eigenvalue weighted by Crippen LogP contribution is 2.45. The second-order valence-corrected chi connectivity index (χ2v) is 8.48. The van der Waals surface area contributed by atoms with E-state index in [4.69, 9.17) is 4.98 Å². The van der Waals surface area contributed by atoms with Gasteiger partial charge in [-0.15, -0.1) is 0 Å². The Kier molecular flexibility index (Phi) is 5.09. The second-order valence-electron chi connectivity index (χ2n) is 8.48. The summed E-state index contributed by atoms with van der Waals surface area (Å²) in [6.07, 6.45) is 2.89. The molecule has 0 saturated heterocycles. The SMILES string of the molecule is Cc1nccc(N2CCCc3nc(C4(C(O)Nc5ccc(F)cc5)CC(=O)C4)ccc32)n1. The van der Waals surface area contributed by atoms with E-state index in [0.29, 0.717) is 17.2 Å². The fraction of sp³-hybridized carbons (Fsp3) is 0.333. The Labute approximate surface area is 185 Å². The Morgan fingerprint density at radius 2 is 1.91 bits per heavy atom. The number of Topliss-reactive ketones (excluding diaryl/α,β-unsaturated/α-hetero) is 1. The number of aryl methyl sites for hydroxylation is 2. The topological polar surface area (TPSA) is 91.2 Å². The van der Waals surface area contributed by atoms with Gasteiger partial charge in [-0.3, -0.25) is 9.78 Å². The van der Waals surface area contributed by atoms with E-state index in [0.717, 1.165) is 36.6 Å². The molecule has 32 heavy (non-hydrogen) atoms. The molecule has 1 aromatic carbocycles. The molecule has 164 valence electrons. The number of nitrogens with one attached hydrogen (secondary N) is 1. The van der Waals surface area contributed by atoms with Gasteiger partial charge in [0.05, 0.1) is 22.5 Å². The molecule has 0 radical (unpaired) electrons. The highest BCUT2D eigenvalue weighted by molar-refractivity contribution is 5.89. The van der Waals surface area contributed by atoms with Gasteiger partial charge >= 0.3 is 0 Å². The van der Waals surface area contributed by atoms with Crippen LogP contribution in [0.1, 0.15) is 36.5 Å². The summed E-state index contributed by atoms with van der Waals surface area (Å²) < 4.78 is 13.2. The molecule has 1 aliphatic carbocycles. The molecule has 7 nitrogen and oxygen atoms in total. The van der Waals surface area contributed by atoms with Crippen molar-refractivity contribution in [3.63, 3.8) is 0 Å². The maximum atomic E-state index is 13.2. The molecule has 5 rings (SSSR count). The van der Waals surface area contributed by atoms with Gasteiger partial charge in [-0.2, -0.15) is 0 Å². The number of hydrogen-bond donors (Lipinski definition) is 2. The van der Waals surface area contributed by atoms with Gasteiger partial charge in [-0.25, -0.2) is 14.4 Å². The average Bonchev–Trinajstić information content (AvgIpc) is 2.77. The number of fused-ring (bicyclic) bond motifs is 1. The lowest BCUT2D eigenvalue weighted by Crippen LogP contribution is -2.54. The predicted molar refractivity (Wildman–Crippen MR) is 118 cm³/mol. The third-order valence-electron chi connectivity index (χ3n) is 6.28. The van der Waals surface area contributed by atoms with Crippen LogP contribution in [0.3, 0.4) is 0 Å². The maximum absolute atomic E-state index is 13.2. The van der Waals surface area contributed by atoms with Gasteiger partial charge in [0.2, 0.25) is 0 Å². The molecule has 1 atom stereocenters. The van der Waals surface area contributed by atoms with Crippen LogP contribution in [0.25, 0.3) is 0 Å². The van der Waals surface area contributed by atoms with Crippen LogP contribution in [0.4, 0.5) is 21.6 Å². The van der Waals surface area contributed by atoms with Gasteiger partial charge < -0.3 is 15.3 Å². The Bertz CT molecular complexity index is 1160. The molecule has 2 N–H and O–H groups in total. The lowest BCUT2D eigenvalue weighted by atomic mass is 9.64. The highest BCUT2D eigenvalue weighted by atomic mass is 19.1. The molecule has 8 heteroatoms. The summed E-state index contributed by atoms with van der Waals surface area (Å²) in [6.45, 7) is 2.70. The minimum absolute atomic E-state index is 0.0857. The second kappa shape index (κ2) is 7.94. The van der Waals surface area contributed by atoms with E-state index in [1.807, 2.05) is 25.1 Å². The largest absolute Gasteiger partial charge is 0.373 e. The zero-order valence-electron chi connectivity index (χ0n) is 17.8. The van der Waals surface area contributed by atoms with Crippen molar-refractivity contribution < 1.29 is 14.3 Å². The molecule has 3 heterocycles. The van der Waals surface area contributed by atoms with Crippen LogP contribution in [-0.2, 0) is 16.6 Å². The standard InChI is InChI=1S/C24H24FN5O2/c1-15-26-11-10-22(27-15)30-12-2-3-19-20(30)8-9-21(29-19)24(13-18(31)14-24)23(32)28-17-6-4-16(25)5-7-17/h4-11,23,28,32H,2-3,12-14H2,1H3. The first-order valence-electron chi connectivity index (χ1n) is 10.7. The summed E-state index contributed by atoms with van der Waals surface area (Å²) in [4.78, 5) is 27.8. The number of benzene rings is 1. The number of nitrogens with zero attached hydrogens (tertiary/aromatic N) is 4. The number of pyridine rings is 1. The average molecular weight is 433 g/mol. The molecule has 0 amide bonds. The summed E-state index contributed by atoms with van der Waals surface area (Å²) in [5.41, 5.74) is 2.38. The van der Waals surface area contributed by atoms with Crippen molar-refractivity contribution >= 4 is 23.0 Å². The summed E-state index contributed by atoms with van der Waals surface area (Å²) in [5, 5.41) is 14.1. The van der Waals surface area contributed by atoms with Crippen molar-refractivity contribution in [2.45, 2.75) is 44.2 Å². The smallest absolute Gasteiger partial charge is 0.136 e. The van der Waals surface area contributed by atoms with Gasteiger partial charge in [0.25, 0.3) is 0 Å². The quantitative estimate of drug-likeness (QED) is 0.596. The summed E-state index contributed by atoms with van der Waals surface area (Å²) in [7, 11) is 0. The van der Waals surface area contributed by atoms with Crippen LogP contribution in [0.15, 0.2) is 48.7 Å². The van der Waals surface area contributed by atoms with Crippen molar-refractivity contribution in [3.05, 3.63) is 71.7 Å². The number of hydrogen-bond acceptors (Lipinski definition) is 7. The fourth-order valence-corrected chi connectivity index (χ4v) is 4.57. The normalized spacial score (nSPS) is 18.0. The summed E-state index contributed by atoms with van der Waals surface area (Å²) >= 11 is 0. The Morgan fingerprint density at radius 3 is 2.62 bits per heavy atom. The fourth-order valence-electron chi connectivity index (χ4n) is 4.57. The van der Waals surface area contributed by atoms with Crippen LogP contribution in [0, 0.1) is 12.7 Å². The molecule has 1 unspecified atom stereocenters. The Morgan fingerprint density at radius 1 is 1.12 bits per heavy atom. The first kappa shape index (κ1) is 20.5. The van der Waals surface area contributed by atoms with Gasteiger partial charge in [0.15, 0.2) is 0 Å². The highest BCUT2D eigenvalue weighted by Gasteiger charge is 2.52. The number of aliphatic hydroxyl groups excluding tert-OH is 1. The van der Waals surface area contributed by atoms with E-state index in [-0.39, 0.29) is 24.4 Å². The Balaban J connectivity index is 1.46. The van der Waals surface area contributed by atoms with Gasteiger partial charge in [-0.1, -0.05) is 0 Å². The summed E-state index contributed by atoms with van der Waals surface area (Å²) in [5.74, 6) is 1.28. The number of rotatable bonds is 5. The van der Waals surface area contributed by atoms with E-state index in [9.17, 15) is 14.3 Å². The van der Waals surface area contributed by atoms with Crippen molar-refractivity contribution in [2.75, 3.05) is 16.8 Å². The number of aliphatic hydroxyl groups is 1. The van der Waals surface area contributed by atoms with Crippen molar-refractivity contribution in [1.82, 2.24) is 15.0 Å². The van der Waals surface area contributed by atoms with Gasteiger partial charge in [-0.05, 0) is 62.2 Å². The van der Waals surface area contributed by atoms with Crippen molar-refractivity contribution in [3.8, 4) is 0 Å². The van der Waals surface area contributed by atoms with Crippen LogP contribution >= 0.6 is 0 Å². The van der Waals surface area contributed by atoms with Crippen LogP contribution in [0.2, 0.25) is 0 Å². The summed E-state index contributed by atoms with van der Waals surface area (Å²) in [6, 6.07) is 11.6. The molecular formula is C24H24FN5O2. The lowest BCUT2D eigenvalue weighted by Gasteiger charge is -2.44. The van der Waals surface area contributed by atoms with E-state index in [2.05, 4.69) is 20.2 Å². The number of anilines is 3. The third kappa shape index (κ3) is 3.60. The number of carbonyl (C=O) groups is 1. The molecule has 1 fully saturated rings. The minimum Gasteiger partial charge on any atom is -0.373 e. The van der Waals surface area contributed by atoms with Crippen LogP contribution < -0.4 is 10.2 Å². The van der Waals surface area contributed by atoms with Gasteiger partial charge in [0.1, 0.15) is 29.5 Å². The predicted octanol–water partition coefficient (Wildman–Crippen LogP) is 3.43. The lowest BCUT2D eigenvalue weighted by molar-refractivity contribution is -0.132. The van der Waals surface area contributed by atoms with Gasteiger partial charge in [0, 0.05) is 31.3 Å². The first-order valence-corrected chi connectivity index (χ1v) is 10.7. The molecule has 1 aliphatic heterocycles. The minimum atomic E-state index is -1.03. The number of halogens is 1. The maximum Gasteiger partial charge on any atom is 0.136 e. The molecule has 0 bridgehead atoms. The van der Waals surface area contributed by atoms with E-state index < -0.39 is 11.6 Å².